The number of nitrogens with zero attached hydrogens (tertiary/aromatic N) is 2. The fourth-order valence-electron chi connectivity index (χ4n) is 0.793. The summed E-state index contributed by atoms with van der Waals surface area (Å²) in [5, 5.41) is 0. The third kappa shape index (κ3) is 0.332. The topological polar surface area (TPSA) is 41.0 Å². The summed E-state index contributed by atoms with van der Waals surface area (Å²) < 4.78 is 0. The maximum Gasteiger partial charge on any atom is 0.104 e. The van der Waals surface area contributed by atoms with Crippen molar-refractivity contribution >= 4 is 6.21 Å². The van der Waals surface area contributed by atoms with Crippen LogP contribution in [0.25, 0.3) is 0 Å². The Balaban J connectivity index is 2.67. The highest BCUT2D eigenvalue weighted by atomic mass is 14.9. The zero-order valence-corrected chi connectivity index (χ0v) is 4.26. The molecule has 2 rings (SSSR count). The van der Waals surface area contributed by atoms with E-state index in [1.165, 1.54) is 0 Å². The van der Waals surface area contributed by atoms with Gasteiger partial charge in [0.1, 0.15) is 5.69 Å². The molecule has 3 heteroatoms. The number of hydrogen-bond acceptors (Lipinski definition) is 2. The predicted octanol–water partition coefficient (Wildman–Crippen LogP) is 0.342. The molecule has 1 aliphatic heterocycles. The van der Waals surface area contributed by atoms with E-state index in [4.69, 9.17) is 0 Å². The Morgan fingerprint density at radius 1 is 1.62 bits per heavy atom. The predicted molar refractivity (Wildman–Crippen MR) is 29.9 cm³/mol. The van der Waals surface area contributed by atoms with Crippen molar-refractivity contribution in [2.45, 2.75) is 6.54 Å². The smallest absolute Gasteiger partial charge is 0.104 e. The van der Waals surface area contributed by atoms with E-state index in [9.17, 15) is 0 Å². The van der Waals surface area contributed by atoms with Gasteiger partial charge in [0.05, 0.1) is 18.6 Å². The van der Waals surface area contributed by atoms with E-state index in [1.807, 2.05) is 0 Å². The molecule has 0 aliphatic carbocycles. The van der Waals surface area contributed by atoms with Crippen molar-refractivity contribution in [2.75, 3.05) is 0 Å². The molecule has 0 fully saturated rings. The number of aliphatic imine (C=N–C) groups is 1. The van der Waals surface area contributed by atoms with Gasteiger partial charge >= 0.3 is 0 Å². The molecule has 1 aliphatic rings. The standard InChI is InChI=1S/C5H5N3/c1-4-5(2-6-1)8-3-7-4/h1,3H,2H2,(H,7,8). The van der Waals surface area contributed by atoms with Crippen molar-refractivity contribution in [3.63, 3.8) is 0 Å². The average molecular weight is 107 g/mol. The van der Waals surface area contributed by atoms with Crippen molar-refractivity contribution in [1.29, 1.82) is 0 Å². The fraction of sp³-hybridized carbons (Fsp3) is 0.200. The third-order valence-corrected chi connectivity index (χ3v) is 1.21. The molecule has 1 aromatic heterocycles. The minimum Gasteiger partial charge on any atom is -0.346 e. The number of aromatic nitrogens is 2. The van der Waals surface area contributed by atoms with Gasteiger partial charge < -0.3 is 4.98 Å². The second kappa shape index (κ2) is 1.18. The lowest BCUT2D eigenvalue weighted by molar-refractivity contribution is 1.04. The van der Waals surface area contributed by atoms with Gasteiger partial charge in [-0.1, -0.05) is 0 Å². The minimum atomic E-state index is 0.773. The second-order valence-corrected chi connectivity index (χ2v) is 1.74. The maximum absolute atomic E-state index is 3.99. The molecule has 8 heavy (non-hydrogen) atoms. The summed E-state index contributed by atoms with van der Waals surface area (Å²) >= 11 is 0. The number of H-pyrrole nitrogens is 1. The van der Waals surface area contributed by atoms with Crippen molar-refractivity contribution in [1.82, 2.24) is 9.97 Å². The van der Waals surface area contributed by atoms with Gasteiger partial charge in [0.15, 0.2) is 0 Å². The molecule has 0 amide bonds. The van der Waals surface area contributed by atoms with Crippen LogP contribution in [0.4, 0.5) is 0 Å². The SMILES string of the molecule is C1=NCc2[nH]cnc21. The molecular weight excluding hydrogens is 102 g/mol. The van der Waals surface area contributed by atoms with Gasteiger partial charge in [0.25, 0.3) is 0 Å². The summed E-state index contributed by atoms with van der Waals surface area (Å²) in [6.07, 6.45) is 3.47. The first kappa shape index (κ1) is 3.83. The largest absolute Gasteiger partial charge is 0.346 e. The van der Waals surface area contributed by atoms with Crippen molar-refractivity contribution in [3.05, 3.63) is 17.7 Å². The van der Waals surface area contributed by atoms with E-state index in [-0.39, 0.29) is 0 Å². The molecule has 0 atom stereocenters. The summed E-state index contributed by atoms with van der Waals surface area (Å²) in [5.74, 6) is 0. The van der Waals surface area contributed by atoms with Crippen molar-refractivity contribution in [3.8, 4) is 0 Å². The Morgan fingerprint density at radius 2 is 2.62 bits per heavy atom. The van der Waals surface area contributed by atoms with Gasteiger partial charge in [0.2, 0.25) is 0 Å². The van der Waals surface area contributed by atoms with Gasteiger partial charge in [-0.25, -0.2) is 4.98 Å². The first-order valence-electron chi connectivity index (χ1n) is 2.49. The molecule has 0 saturated carbocycles. The zero-order chi connectivity index (χ0) is 5.40. The molecule has 0 saturated heterocycles. The fourth-order valence-corrected chi connectivity index (χ4v) is 0.793. The first-order valence-corrected chi connectivity index (χ1v) is 2.49. The number of rotatable bonds is 0. The molecule has 0 unspecified atom stereocenters. The van der Waals surface area contributed by atoms with Gasteiger partial charge in [-0.15, -0.1) is 0 Å². The third-order valence-electron chi connectivity index (χ3n) is 1.21. The van der Waals surface area contributed by atoms with Gasteiger partial charge in [0, 0.05) is 6.21 Å². The number of hydrogen-bond donors (Lipinski definition) is 1. The van der Waals surface area contributed by atoms with E-state index in [2.05, 4.69) is 15.0 Å². The lowest BCUT2D eigenvalue weighted by Crippen LogP contribution is -1.77. The lowest BCUT2D eigenvalue weighted by Gasteiger charge is -1.78. The Kier molecular flexibility index (Phi) is 0.566. The zero-order valence-electron chi connectivity index (χ0n) is 4.26. The highest BCUT2D eigenvalue weighted by Crippen LogP contribution is 2.06. The normalized spacial score (nSPS) is 14.5. The summed E-state index contributed by atoms with van der Waals surface area (Å²) in [6.45, 7) is 0.773. The number of fused-ring (bicyclic) bond motifs is 1. The average Bonchev–Trinajstić information content (AvgIpc) is 2.15. The molecule has 0 spiro atoms. The highest BCUT2D eigenvalue weighted by Gasteiger charge is 2.05. The molecular formula is C5H5N3. The number of nitrogens with one attached hydrogen (secondary N) is 1. The molecule has 1 aromatic rings. The van der Waals surface area contributed by atoms with Crippen LogP contribution >= 0.6 is 0 Å². The van der Waals surface area contributed by atoms with E-state index in [0.29, 0.717) is 0 Å². The van der Waals surface area contributed by atoms with Gasteiger partial charge in [-0.3, -0.25) is 4.99 Å². The quantitative estimate of drug-likeness (QED) is 0.510. The van der Waals surface area contributed by atoms with Crippen molar-refractivity contribution in [2.24, 2.45) is 4.99 Å². The summed E-state index contributed by atoms with van der Waals surface area (Å²) in [7, 11) is 0. The van der Waals surface area contributed by atoms with Crippen LogP contribution in [0.15, 0.2) is 11.3 Å². The van der Waals surface area contributed by atoms with E-state index in [1.54, 1.807) is 12.5 Å². The lowest BCUT2D eigenvalue weighted by atomic mass is 10.4. The molecule has 0 bridgehead atoms. The number of imidazole rings is 1. The summed E-state index contributed by atoms with van der Waals surface area (Å²) in [5.41, 5.74) is 2.12. The van der Waals surface area contributed by atoms with Crippen LogP contribution in [-0.4, -0.2) is 16.2 Å². The molecule has 40 valence electrons. The van der Waals surface area contributed by atoms with Crippen LogP contribution in [0.1, 0.15) is 11.4 Å². The minimum absolute atomic E-state index is 0.773. The van der Waals surface area contributed by atoms with Gasteiger partial charge in [-0.05, 0) is 0 Å². The second-order valence-electron chi connectivity index (χ2n) is 1.74. The Bertz CT molecular complexity index is 223. The van der Waals surface area contributed by atoms with Crippen molar-refractivity contribution < 1.29 is 0 Å². The highest BCUT2D eigenvalue weighted by molar-refractivity contribution is 5.80. The first-order chi connectivity index (χ1) is 3.97. The Labute approximate surface area is 46.5 Å². The van der Waals surface area contributed by atoms with Crippen LogP contribution in [-0.2, 0) is 6.54 Å². The monoisotopic (exact) mass is 107 g/mol. The van der Waals surface area contributed by atoms with Crippen LogP contribution in [0.2, 0.25) is 0 Å². The maximum atomic E-state index is 3.99. The van der Waals surface area contributed by atoms with E-state index in [0.717, 1.165) is 17.9 Å². The van der Waals surface area contributed by atoms with Crippen LogP contribution in [0, 0.1) is 0 Å². The molecule has 0 aromatic carbocycles. The summed E-state index contributed by atoms with van der Waals surface area (Å²) in [6, 6.07) is 0. The number of aromatic amines is 1. The summed E-state index contributed by atoms with van der Waals surface area (Å²) in [4.78, 5) is 11.0. The molecule has 2 heterocycles. The van der Waals surface area contributed by atoms with Crippen LogP contribution < -0.4 is 0 Å². The van der Waals surface area contributed by atoms with E-state index >= 15 is 0 Å². The van der Waals surface area contributed by atoms with Crippen LogP contribution in [0.3, 0.4) is 0 Å². The molecule has 1 N–H and O–H groups in total. The van der Waals surface area contributed by atoms with E-state index < -0.39 is 0 Å². The van der Waals surface area contributed by atoms with Crippen LogP contribution in [0.5, 0.6) is 0 Å². The Morgan fingerprint density at radius 3 is 3.50 bits per heavy atom. The Hall–Kier alpha value is -1.12. The van der Waals surface area contributed by atoms with Gasteiger partial charge in [-0.2, -0.15) is 0 Å². The molecule has 3 nitrogen and oxygen atoms in total. The molecule has 0 radical (unpaired) electrons.